The molecular weight excluding hydrogens is 316 g/mol. The maximum absolute atomic E-state index is 12.8. The van der Waals surface area contributed by atoms with Crippen LogP contribution in [0, 0.1) is 0 Å². The van der Waals surface area contributed by atoms with Crippen LogP contribution >= 0.6 is 0 Å². The van der Waals surface area contributed by atoms with Crippen LogP contribution in [0.25, 0.3) is 6.08 Å². The lowest BCUT2D eigenvalue weighted by atomic mass is 10.1. The van der Waals surface area contributed by atoms with E-state index in [1.165, 1.54) is 5.01 Å². The molecule has 0 aliphatic carbocycles. The SMILES string of the molecule is CCOc1cccc(/C=C2/C(=O)N(c3ccccc3)N=C2C)c1OC. The van der Waals surface area contributed by atoms with Gasteiger partial charge < -0.3 is 9.47 Å². The van der Waals surface area contributed by atoms with Gasteiger partial charge in [0, 0.05) is 5.56 Å². The Hall–Kier alpha value is -3.08. The van der Waals surface area contributed by atoms with Gasteiger partial charge in [0.25, 0.3) is 5.91 Å². The fourth-order valence-corrected chi connectivity index (χ4v) is 2.72. The molecule has 25 heavy (non-hydrogen) atoms. The van der Waals surface area contributed by atoms with Crippen molar-refractivity contribution in [3.05, 3.63) is 59.7 Å². The van der Waals surface area contributed by atoms with Gasteiger partial charge in [-0.1, -0.05) is 30.3 Å². The highest BCUT2D eigenvalue weighted by Crippen LogP contribution is 2.34. The number of benzene rings is 2. The number of hydrogen-bond donors (Lipinski definition) is 0. The van der Waals surface area contributed by atoms with E-state index in [1.54, 1.807) is 13.2 Å². The second-order valence-corrected chi connectivity index (χ2v) is 5.51. The number of carbonyl (C=O) groups is 1. The molecule has 3 rings (SSSR count). The Morgan fingerprint density at radius 1 is 1.12 bits per heavy atom. The van der Waals surface area contributed by atoms with Crippen LogP contribution in [0.4, 0.5) is 5.69 Å². The number of hydrogen-bond acceptors (Lipinski definition) is 4. The van der Waals surface area contributed by atoms with Crippen molar-refractivity contribution in [3.8, 4) is 11.5 Å². The summed E-state index contributed by atoms with van der Waals surface area (Å²) in [7, 11) is 1.59. The first kappa shape index (κ1) is 16.8. The third-order valence-corrected chi connectivity index (χ3v) is 3.88. The minimum Gasteiger partial charge on any atom is -0.492 e. The van der Waals surface area contributed by atoms with E-state index in [0.717, 1.165) is 11.3 Å². The Balaban J connectivity index is 1.99. The predicted molar refractivity (Wildman–Crippen MR) is 99.2 cm³/mol. The van der Waals surface area contributed by atoms with Gasteiger partial charge in [-0.2, -0.15) is 10.1 Å². The molecule has 0 unspecified atom stereocenters. The number of anilines is 1. The standard InChI is InChI=1S/C20H20N2O3/c1-4-25-18-12-8-9-15(19(18)24-3)13-17-14(2)21-22(20(17)23)16-10-6-5-7-11-16/h5-13H,4H2,1-3H3/b17-13+. The van der Waals surface area contributed by atoms with Gasteiger partial charge in [-0.05, 0) is 38.1 Å². The number of rotatable bonds is 5. The van der Waals surface area contributed by atoms with Gasteiger partial charge in [0.15, 0.2) is 11.5 Å². The fourth-order valence-electron chi connectivity index (χ4n) is 2.72. The maximum Gasteiger partial charge on any atom is 0.280 e. The second kappa shape index (κ2) is 7.21. The molecular formula is C20H20N2O3. The molecule has 0 saturated heterocycles. The van der Waals surface area contributed by atoms with E-state index in [9.17, 15) is 4.79 Å². The molecule has 1 heterocycles. The molecule has 2 aromatic rings. The molecule has 5 heteroatoms. The molecule has 0 N–H and O–H groups in total. The van der Waals surface area contributed by atoms with Crippen LogP contribution in [0.3, 0.4) is 0 Å². The number of amides is 1. The average molecular weight is 336 g/mol. The van der Waals surface area contributed by atoms with Gasteiger partial charge in [0.2, 0.25) is 0 Å². The molecule has 128 valence electrons. The van der Waals surface area contributed by atoms with Gasteiger partial charge in [-0.3, -0.25) is 4.79 Å². The van der Waals surface area contributed by atoms with Crippen LogP contribution in [0.1, 0.15) is 19.4 Å². The van der Waals surface area contributed by atoms with Crippen molar-refractivity contribution in [1.82, 2.24) is 0 Å². The van der Waals surface area contributed by atoms with Crippen LogP contribution in [-0.2, 0) is 4.79 Å². The highest BCUT2D eigenvalue weighted by molar-refractivity contribution is 6.32. The summed E-state index contributed by atoms with van der Waals surface area (Å²) < 4.78 is 11.1. The molecule has 0 radical (unpaired) electrons. The number of carbonyl (C=O) groups excluding carboxylic acids is 1. The Labute approximate surface area is 147 Å². The first-order chi connectivity index (χ1) is 12.2. The summed E-state index contributed by atoms with van der Waals surface area (Å²) in [5.41, 5.74) is 2.72. The molecule has 0 fully saturated rings. The monoisotopic (exact) mass is 336 g/mol. The van der Waals surface area contributed by atoms with Gasteiger partial charge >= 0.3 is 0 Å². The highest BCUT2D eigenvalue weighted by atomic mass is 16.5. The molecule has 0 saturated carbocycles. The van der Waals surface area contributed by atoms with Crippen molar-refractivity contribution in [3.63, 3.8) is 0 Å². The van der Waals surface area contributed by atoms with E-state index in [0.29, 0.717) is 29.4 Å². The lowest BCUT2D eigenvalue weighted by molar-refractivity contribution is -0.114. The number of para-hydroxylation sites is 2. The van der Waals surface area contributed by atoms with E-state index < -0.39 is 0 Å². The van der Waals surface area contributed by atoms with Crippen LogP contribution in [0.15, 0.2) is 59.2 Å². The first-order valence-electron chi connectivity index (χ1n) is 8.12. The summed E-state index contributed by atoms with van der Waals surface area (Å²) in [5, 5.41) is 5.81. The van der Waals surface area contributed by atoms with Crippen molar-refractivity contribution in [2.24, 2.45) is 5.10 Å². The zero-order valence-corrected chi connectivity index (χ0v) is 14.5. The van der Waals surface area contributed by atoms with Gasteiger partial charge in [-0.15, -0.1) is 0 Å². The fraction of sp³-hybridized carbons (Fsp3) is 0.200. The first-order valence-corrected chi connectivity index (χ1v) is 8.12. The molecule has 2 aromatic carbocycles. The zero-order valence-electron chi connectivity index (χ0n) is 14.5. The van der Waals surface area contributed by atoms with Crippen molar-refractivity contribution < 1.29 is 14.3 Å². The van der Waals surface area contributed by atoms with Crippen LogP contribution in [0.5, 0.6) is 11.5 Å². The molecule has 1 aliphatic heterocycles. The van der Waals surface area contributed by atoms with Gasteiger partial charge in [0.05, 0.1) is 30.7 Å². The molecule has 0 aromatic heterocycles. The molecule has 0 spiro atoms. The Bertz CT molecular complexity index is 841. The summed E-state index contributed by atoms with van der Waals surface area (Å²) in [4.78, 5) is 12.8. The summed E-state index contributed by atoms with van der Waals surface area (Å²) in [6.07, 6.45) is 1.80. The zero-order chi connectivity index (χ0) is 17.8. The van der Waals surface area contributed by atoms with Crippen LogP contribution in [0.2, 0.25) is 0 Å². The average Bonchev–Trinajstić information content (AvgIpc) is 2.91. The van der Waals surface area contributed by atoms with Crippen molar-refractivity contribution in [2.45, 2.75) is 13.8 Å². The molecule has 0 bridgehead atoms. The summed E-state index contributed by atoms with van der Waals surface area (Å²) >= 11 is 0. The van der Waals surface area contributed by atoms with E-state index >= 15 is 0 Å². The van der Waals surface area contributed by atoms with Gasteiger partial charge in [-0.25, -0.2) is 0 Å². The van der Waals surface area contributed by atoms with Crippen molar-refractivity contribution in [2.75, 3.05) is 18.7 Å². The Morgan fingerprint density at radius 3 is 2.56 bits per heavy atom. The molecule has 5 nitrogen and oxygen atoms in total. The summed E-state index contributed by atoms with van der Waals surface area (Å²) in [5.74, 6) is 1.10. The minimum atomic E-state index is -0.160. The van der Waals surface area contributed by atoms with E-state index in [-0.39, 0.29) is 5.91 Å². The molecule has 1 amide bonds. The second-order valence-electron chi connectivity index (χ2n) is 5.51. The summed E-state index contributed by atoms with van der Waals surface area (Å²) in [6, 6.07) is 15.0. The van der Waals surface area contributed by atoms with E-state index in [2.05, 4.69) is 5.10 Å². The van der Waals surface area contributed by atoms with Crippen LogP contribution < -0.4 is 14.5 Å². The maximum atomic E-state index is 12.8. The largest absolute Gasteiger partial charge is 0.492 e. The molecule has 0 atom stereocenters. The Morgan fingerprint density at radius 2 is 1.88 bits per heavy atom. The number of hydrazone groups is 1. The summed E-state index contributed by atoms with van der Waals surface area (Å²) in [6.45, 7) is 4.28. The third-order valence-electron chi connectivity index (χ3n) is 3.88. The predicted octanol–water partition coefficient (Wildman–Crippen LogP) is 3.90. The Kier molecular flexibility index (Phi) is 4.84. The normalized spacial score (nSPS) is 15.5. The number of nitrogens with zero attached hydrogens (tertiary/aromatic N) is 2. The molecule has 1 aliphatic rings. The minimum absolute atomic E-state index is 0.160. The van der Waals surface area contributed by atoms with E-state index in [1.807, 2.05) is 62.4 Å². The highest BCUT2D eigenvalue weighted by Gasteiger charge is 2.29. The van der Waals surface area contributed by atoms with Crippen LogP contribution in [-0.4, -0.2) is 25.3 Å². The number of methoxy groups -OCH3 is 1. The van der Waals surface area contributed by atoms with E-state index in [4.69, 9.17) is 9.47 Å². The topological polar surface area (TPSA) is 51.1 Å². The smallest absolute Gasteiger partial charge is 0.280 e. The quantitative estimate of drug-likeness (QED) is 0.778. The third kappa shape index (κ3) is 3.26. The lowest BCUT2D eigenvalue weighted by Gasteiger charge is -2.13. The van der Waals surface area contributed by atoms with Crippen molar-refractivity contribution in [1.29, 1.82) is 0 Å². The lowest BCUT2D eigenvalue weighted by Crippen LogP contribution is -2.21. The number of ether oxygens (including phenoxy) is 2. The van der Waals surface area contributed by atoms with Crippen molar-refractivity contribution >= 4 is 23.4 Å². The van der Waals surface area contributed by atoms with Gasteiger partial charge in [0.1, 0.15) is 0 Å².